The topological polar surface area (TPSA) is 78.4 Å². The zero-order valence-corrected chi connectivity index (χ0v) is 9.66. The van der Waals surface area contributed by atoms with E-state index in [-0.39, 0.29) is 11.9 Å². The number of carbonyl (C=O) groups is 2. The fraction of sp³-hybridized carbons (Fsp3) is 0.818. The normalized spacial score (nSPS) is 21.7. The SMILES string of the molecule is CCCC(NC(=O)CC1CCCN1)C(=O)O. The van der Waals surface area contributed by atoms with E-state index in [1.807, 2.05) is 6.92 Å². The molecule has 0 radical (unpaired) electrons. The van der Waals surface area contributed by atoms with Crippen LogP contribution in [0, 0.1) is 0 Å². The van der Waals surface area contributed by atoms with Gasteiger partial charge in [-0.3, -0.25) is 4.79 Å². The van der Waals surface area contributed by atoms with Crippen molar-refractivity contribution in [3.05, 3.63) is 0 Å². The van der Waals surface area contributed by atoms with Gasteiger partial charge in [0.25, 0.3) is 0 Å². The lowest BCUT2D eigenvalue weighted by Crippen LogP contribution is -2.42. The molecule has 1 aliphatic rings. The van der Waals surface area contributed by atoms with Crippen LogP contribution in [-0.2, 0) is 9.59 Å². The number of carbonyl (C=O) groups excluding carboxylic acids is 1. The molecular formula is C11H20N2O3. The Morgan fingerprint density at radius 2 is 2.31 bits per heavy atom. The first-order valence-corrected chi connectivity index (χ1v) is 5.89. The number of amides is 1. The Morgan fingerprint density at radius 1 is 1.56 bits per heavy atom. The van der Waals surface area contributed by atoms with E-state index in [0.717, 1.165) is 25.8 Å². The zero-order chi connectivity index (χ0) is 12.0. The number of hydrogen-bond acceptors (Lipinski definition) is 3. The van der Waals surface area contributed by atoms with Crippen molar-refractivity contribution in [3.63, 3.8) is 0 Å². The molecule has 1 heterocycles. The van der Waals surface area contributed by atoms with Crippen molar-refractivity contribution < 1.29 is 14.7 Å². The Hall–Kier alpha value is -1.10. The van der Waals surface area contributed by atoms with Gasteiger partial charge in [-0.15, -0.1) is 0 Å². The molecule has 3 N–H and O–H groups in total. The first-order chi connectivity index (χ1) is 7.63. The second-order valence-electron chi connectivity index (χ2n) is 4.24. The van der Waals surface area contributed by atoms with Gasteiger partial charge in [0, 0.05) is 12.5 Å². The minimum Gasteiger partial charge on any atom is -0.480 e. The van der Waals surface area contributed by atoms with Crippen LogP contribution < -0.4 is 10.6 Å². The van der Waals surface area contributed by atoms with E-state index >= 15 is 0 Å². The molecule has 16 heavy (non-hydrogen) atoms. The van der Waals surface area contributed by atoms with Crippen LogP contribution in [0.25, 0.3) is 0 Å². The van der Waals surface area contributed by atoms with Crippen molar-refractivity contribution in [1.29, 1.82) is 0 Å². The van der Waals surface area contributed by atoms with E-state index in [0.29, 0.717) is 12.8 Å². The van der Waals surface area contributed by atoms with Crippen LogP contribution >= 0.6 is 0 Å². The fourth-order valence-corrected chi connectivity index (χ4v) is 1.95. The first-order valence-electron chi connectivity index (χ1n) is 5.89. The minimum atomic E-state index is -0.949. The second-order valence-corrected chi connectivity index (χ2v) is 4.24. The van der Waals surface area contributed by atoms with Gasteiger partial charge in [-0.1, -0.05) is 13.3 Å². The van der Waals surface area contributed by atoms with Crippen molar-refractivity contribution in [3.8, 4) is 0 Å². The molecule has 1 amide bonds. The lowest BCUT2D eigenvalue weighted by atomic mass is 10.1. The first kappa shape index (κ1) is 13.0. The van der Waals surface area contributed by atoms with Gasteiger partial charge in [0.2, 0.25) is 5.91 Å². The summed E-state index contributed by atoms with van der Waals surface area (Å²) >= 11 is 0. The Kier molecular flexibility index (Phi) is 5.25. The van der Waals surface area contributed by atoms with Crippen LogP contribution in [-0.4, -0.2) is 35.6 Å². The molecule has 0 aliphatic carbocycles. The molecule has 0 aromatic rings. The second kappa shape index (κ2) is 6.48. The van der Waals surface area contributed by atoms with Gasteiger partial charge in [0.15, 0.2) is 0 Å². The van der Waals surface area contributed by atoms with Crippen molar-refractivity contribution in [2.45, 2.75) is 51.1 Å². The number of carboxylic acid groups (broad SMARTS) is 1. The van der Waals surface area contributed by atoms with Crippen LogP contribution in [0.5, 0.6) is 0 Å². The summed E-state index contributed by atoms with van der Waals surface area (Å²) in [6.07, 6.45) is 3.71. The highest BCUT2D eigenvalue weighted by Gasteiger charge is 2.22. The third-order valence-electron chi connectivity index (χ3n) is 2.80. The third kappa shape index (κ3) is 4.18. The molecule has 1 saturated heterocycles. The summed E-state index contributed by atoms with van der Waals surface area (Å²) in [5.74, 6) is -1.12. The lowest BCUT2D eigenvalue weighted by Gasteiger charge is -2.15. The molecule has 0 saturated carbocycles. The average Bonchev–Trinajstić information content (AvgIpc) is 2.69. The molecular weight excluding hydrogens is 208 g/mol. The van der Waals surface area contributed by atoms with Gasteiger partial charge < -0.3 is 15.7 Å². The maximum atomic E-state index is 11.6. The van der Waals surface area contributed by atoms with Gasteiger partial charge in [0.1, 0.15) is 6.04 Å². The van der Waals surface area contributed by atoms with Crippen LogP contribution in [0.1, 0.15) is 39.0 Å². The third-order valence-corrected chi connectivity index (χ3v) is 2.80. The zero-order valence-electron chi connectivity index (χ0n) is 9.66. The summed E-state index contributed by atoms with van der Waals surface area (Å²) in [5, 5.41) is 14.7. The highest BCUT2D eigenvalue weighted by molar-refractivity contribution is 5.83. The molecule has 0 aromatic carbocycles. The standard InChI is InChI=1S/C11H20N2O3/c1-2-4-9(11(15)16)13-10(14)7-8-5-3-6-12-8/h8-9,12H,2-7H2,1H3,(H,13,14)(H,15,16). The van der Waals surface area contributed by atoms with Crippen LogP contribution in [0.15, 0.2) is 0 Å². The maximum absolute atomic E-state index is 11.6. The molecule has 1 fully saturated rings. The van der Waals surface area contributed by atoms with Crippen LogP contribution in [0.3, 0.4) is 0 Å². The predicted molar refractivity (Wildman–Crippen MR) is 60.1 cm³/mol. The van der Waals surface area contributed by atoms with Gasteiger partial charge >= 0.3 is 5.97 Å². The summed E-state index contributed by atoms with van der Waals surface area (Å²) in [7, 11) is 0. The molecule has 0 spiro atoms. The van der Waals surface area contributed by atoms with E-state index in [1.165, 1.54) is 0 Å². The molecule has 92 valence electrons. The molecule has 5 nitrogen and oxygen atoms in total. The smallest absolute Gasteiger partial charge is 0.326 e. The van der Waals surface area contributed by atoms with Gasteiger partial charge in [-0.2, -0.15) is 0 Å². The van der Waals surface area contributed by atoms with E-state index in [1.54, 1.807) is 0 Å². The number of carboxylic acids is 1. The quantitative estimate of drug-likeness (QED) is 0.618. The summed E-state index contributed by atoms with van der Waals surface area (Å²) in [6, 6.07) is -0.519. The Bertz CT molecular complexity index is 250. The predicted octanol–water partition coefficient (Wildman–Crippen LogP) is 0.498. The molecule has 0 aromatic heterocycles. The minimum absolute atomic E-state index is 0.166. The molecule has 1 rings (SSSR count). The molecule has 1 aliphatic heterocycles. The Morgan fingerprint density at radius 3 is 2.81 bits per heavy atom. The van der Waals surface area contributed by atoms with Gasteiger partial charge in [0.05, 0.1) is 0 Å². The van der Waals surface area contributed by atoms with Gasteiger partial charge in [-0.05, 0) is 25.8 Å². The molecule has 2 unspecified atom stereocenters. The molecule has 0 bridgehead atoms. The largest absolute Gasteiger partial charge is 0.480 e. The number of aliphatic carboxylic acids is 1. The summed E-state index contributed by atoms with van der Waals surface area (Å²) in [6.45, 7) is 2.86. The summed E-state index contributed by atoms with van der Waals surface area (Å²) < 4.78 is 0. The van der Waals surface area contributed by atoms with E-state index in [2.05, 4.69) is 10.6 Å². The summed E-state index contributed by atoms with van der Waals surface area (Å²) in [5.41, 5.74) is 0. The highest BCUT2D eigenvalue weighted by Crippen LogP contribution is 2.08. The van der Waals surface area contributed by atoms with Crippen molar-refractivity contribution in [1.82, 2.24) is 10.6 Å². The van der Waals surface area contributed by atoms with Crippen molar-refractivity contribution >= 4 is 11.9 Å². The van der Waals surface area contributed by atoms with Crippen molar-refractivity contribution in [2.24, 2.45) is 0 Å². The van der Waals surface area contributed by atoms with Crippen LogP contribution in [0.2, 0.25) is 0 Å². The van der Waals surface area contributed by atoms with E-state index in [9.17, 15) is 9.59 Å². The van der Waals surface area contributed by atoms with E-state index < -0.39 is 12.0 Å². The summed E-state index contributed by atoms with van der Waals surface area (Å²) in [4.78, 5) is 22.4. The van der Waals surface area contributed by atoms with Gasteiger partial charge in [-0.25, -0.2) is 4.79 Å². The fourth-order valence-electron chi connectivity index (χ4n) is 1.95. The number of rotatable bonds is 6. The molecule has 5 heteroatoms. The molecule has 2 atom stereocenters. The van der Waals surface area contributed by atoms with Crippen LogP contribution in [0.4, 0.5) is 0 Å². The van der Waals surface area contributed by atoms with Crippen molar-refractivity contribution in [2.75, 3.05) is 6.54 Å². The maximum Gasteiger partial charge on any atom is 0.326 e. The number of hydrogen-bond donors (Lipinski definition) is 3. The lowest BCUT2D eigenvalue weighted by molar-refractivity contribution is -0.142. The highest BCUT2D eigenvalue weighted by atomic mass is 16.4. The monoisotopic (exact) mass is 228 g/mol. The van der Waals surface area contributed by atoms with E-state index in [4.69, 9.17) is 5.11 Å². The Labute approximate surface area is 95.6 Å². The average molecular weight is 228 g/mol. The Balaban J connectivity index is 2.32. The number of nitrogens with one attached hydrogen (secondary N) is 2.